The maximum atomic E-state index is 15.0. The van der Waals surface area contributed by atoms with Gasteiger partial charge in [0.25, 0.3) is 0 Å². The number of carbonyl (C=O) groups excluding carboxylic acids is 11. The molecule has 53 heteroatoms. The first-order chi connectivity index (χ1) is 66.7. The second-order valence-electron chi connectivity index (χ2n) is 34.1. The van der Waals surface area contributed by atoms with Crippen LogP contribution >= 0.6 is 0 Å². The smallest absolute Gasteiger partial charge is 0.243 e. The molecule has 0 aromatic rings. The van der Waals surface area contributed by atoms with E-state index in [1.165, 1.54) is 27.7 Å². The standard InChI is InChI=1S/C86H152N12O41/c1-49(2)135-48-56-43-98(21-26-130-56)55-9-7-54(8-10-55)79(118)96-59(82(121)97-58(81(120)90-20-25-125-30-34-129-38-42-134-86-70(94-53(6)106)78(117)74(113)63(47-102)139-86)12-15-65(108)88-18-23-123-28-32-127-36-40-132-84-68(92-51(4)104)76(115)72(111)61(45-100)137-84)13-16-66(109)95-57(80(119)89-19-24-124-29-33-128-37-41-133-85-69(93-52(5)105)77(116)73(112)62(46-101)138-85)11-14-64(107)87-17-22-122-27-31-126-35-39-131-83-67(91-50(3)103)75(114)71(110)60(44-99)136-83/h49,54-63,67-78,83-86,99-102,110-117H,7-48H2,1-6H3,(H,87,107)(H,88,108)(H,89,119)(H,90,120)(H,91,103)(H,92,104)(H,93,105)(H,94,106)(H,95,109)(H,96,118)(H,97,121)/t54?,55?,56-,57+,58+,59-,60?,61?,62?,63?,67?,68?,69?,70?,71?,72?,73?,74?,75?,76?,77?,78?,83?,84?,85?,86?/m0/s1. The first-order valence-electron chi connectivity index (χ1n) is 47.3. The van der Waals surface area contributed by atoms with Crippen molar-refractivity contribution in [2.24, 2.45) is 5.92 Å². The summed E-state index contributed by atoms with van der Waals surface area (Å²) >= 11 is 0. The van der Waals surface area contributed by atoms with Crippen molar-refractivity contribution < 1.29 is 199 Å². The van der Waals surface area contributed by atoms with E-state index in [-0.39, 0.29) is 202 Å². The van der Waals surface area contributed by atoms with E-state index in [9.17, 15) is 109 Å². The van der Waals surface area contributed by atoms with Gasteiger partial charge in [-0.15, -0.1) is 0 Å². The van der Waals surface area contributed by atoms with Crippen molar-refractivity contribution in [2.75, 3.05) is 211 Å². The lowest BCUT2D eigenvalue weighted by atomic mass is 9.84. The second-order valence-corrected chi connectivity index (χ2v) is 34.1. The van der Waals surface area contributed by atoms with Crippen LogP contribution in [0.15, 0.2) is 0 Å². The van der Waals surface area contributed by atoms with Crippen LogP contribution in [-0.2, 0) is 138 Å². The molecule has 23 N–H and O–H groups in total. The number of nitrogens with one attached hydrogen (secondary N) is 11. The van der Waals surface area contributed by atoms with Gasteiger partial charge in [-0.1, -0.05) is 0 Å². The lowest BCUT2D eigenvalue weighted by Gasteiger charge is -2.42. The van der Waals surface area contributed by atoms with Crippen molar-refractivity contribution in [3.63, 3.8) is 0 Å². The highest BCUT2D eigenvalue weighted by Crippen LogP contribution is 2.31. The predicted octanol–water partition coefficient (Wildman–Crippen LogP) is -12.1. The van der Waals surface area contributed by atoms with Gasteiger partial charge >= 0.3 is 0 Å². The van der Waals surface area contributed by atoms with Gasteiger partial charge in [-0.2, -0.15) is 0 Å². The number of rotatable bonds is 68. The quantitative estimate of drug-likeness (QED) is 0.0251. The van der Waals surface area contributed by atoms with Crippen LogP contribution < -0.4 is 58.5 Å². The molecule has 20 unspecified atom stereocenters. The SMILES string of the molecule is CC(=O)NC1C(OCCOCCOCCNC(=O)CC[C@@H](NC(=O)CC[C@H](NC(=O)C2CCC(N3CCO[C@H](COC(C)C)C3)CC2)C(=O)N[C@H](CCC(=O)NCCOCCOCCOC2OC(CO)C(O)C(O)C2NC(C)=O)C(=O)NCCOCCOCCOC2OC(CO)C(O)C(O)C2NC(C)=O)C(=O)NCCOCCOCCOC2OC(CO)C(O)C(O)C2NC(C)=O)OC(CO)C(O)C1O. The molecule has 1 saturated carbocycles. The molecule has 6 fully saturated rings. The molecule has 24 atom stereocenters. The zero-order valence-corrected chi connectivity index (χ0v) is 79.9. The van der Waals surface area contributed by atoms with E-state index in [0.29, 0.717) is 52.0 Å². The summed E-state index contributed by atoms with van der Waals surface area (Å²) in [6, 6.07) is -9.00. The number of aliphatic hydroxyl groups is 12. The summed E-state index contributed by atoms with van der Waals surface area (Å²) in [5.74, 6) is -7.71. The number of hydrogen-bond acceptors (Lipinski definition) is 42. The second kappa shape index (κ2) is 67.5. The first kappa shape index (κ1) is 121. The fraction of sp³-hybridized carbons (Fsp3) is 0.872. The highest BCUT2D eigenvalue weighted by atomic mass is 16.7. The Hall–Kier alpha value is -7.07. The minimum atomic E-state index is -1.54. The van der Waals surface area contributed by atoms with Crippen LogP contribution in [0.2, 0.25) is 0 Å². The van der Waals surface area contributed by atoms with Gasteiger partial charge < -0.3 is 205 Å². The number of amides is 11. The Morgan fingerprint density at radius 3 is 0.964 bits per heavy atom. The average molecular weight is 2010 g/mol. The Kier molecular flexibility index (Phi) is 58.6. The minimum Gasteiger partial charge on any atom is -0.394 e. The van der Waals surface area contributed by atoms with E-state index in [0.717, 1.165) is 0 Å². The van der Waals surface area contributed by atoms with Gasteiger partial charge in [0.2, 0.25) is 65.0 Å². The van der Waals surface area contributed by atoms with E-state index < -0.39 is 251 Å². The van der Waals surface area contributed by atoms with Gasteiger partial charge in [0, 0.05) is 98.2 Å². The number of carbonyl (C=O) groups is 11. The minimum absolute atomic E-state index is 0.000304. The molecule has 0 aromatic heterocycles. The van der Waals surface area contributed by atoms with E-state index in [1.807, 2.05) is 13.8 Å². The molecule has 139 heavy (non-hydrogen) atoms. The van der Waals surface area contributed by atoms with Crippen LogP contribution in [0.5, 0.6) is 0 Å². The third kappa shape index (κ3) is 44.6. The Labute approximate surface area is 806 Å². The number of hydrogen-bond donors (Lipinski definition) is 23. The summed E-state index contributed by atoms with van der Waals surface area (Å²) in [4.78, 5) is 149. The molecule has 6 rings (SSSR count). The number of morpholine rings is 1. The molecule has 0 bridgehead atoms. The van der Waals surface area contributed by atoms with E-state index in [1.54, 1.807) is 0 Å². The van der Waals surface area contributed by atoms with Crippen molar-refractivity contribution in [3.8, 4) is 0 Å². The normalized spacial score (nSPS) is 28.4. The zero-order chi connectivity index (χ0) is 102. The van der Waals surface area contributed by atoms with Crippen LogP contribution in [0.4, 0.5) is 0 Å². The summed E-state index contributed by atoms with van der Waals surface area (Å²) < 4.78 is 102. The van der Waals surface area contributed by atoms with E-state index in [4.69, 9.17) is 85.3 Å². The van der Waals surface area contributed by atoms with Gasteiger partial charge in [0.05, 0.1) is 184 Å². The lowest BCUT2D eigenvalue weighted by molar-refractivity contribution is -0.272. The number of nitrogens with zero attached hydrogens (tertiary/aromatic N) is 1. The Balaban J connectivity index is 1.10. The molecule has 11 amide bonds. The zero-order valence-electron chi connectivity index (χ0n) is 79.9. The molecule has 1 aliphatic carbocycles. The highest BCUT2D eigenvalue weighted by molar-refractivity contribution is 5.94. The summed E-state index contributed by atoms with van der Waals surface area (Å²) in [7, 11) is 0. The van der Waals surface area contributed by atoms with Gasteiger partial charge in [-0.3, -0.25) is 57.6 Å². The molecule has 5 aliphatic heterocycles. The van der Waals surface area contributed by atoms with E-state index in [2.05, 4.69) is 63.4 Å². The summed E-state index contributed by atoms with van der Waals surface area (Å²) in [5.41, 5.74) is 0. The van der Waals surface area contributed by atoms with Crippen LogP contribution in [-0.4, -0.2) is 501 Å². The summed E-state index contributed by atoms with van der Waals surface area (Å²) in [5, 5.41) is 151. The van der Waals surface area contributed by atoms with Crippen molar-refractivity contribution in [2.45, 2.75) is 265 Å². The maximum absolute atomic E-state index is 15.0. The molecule has 6 aliphatic rings. The van der Waals surface area contributed by atoms with Crippen molar-refractivity contribution in [3.05, 3.63) is 0 Å². The van der Waals surface area contributed by atoms with Crippen molar-refractivity contribution in [1.82, 2.24) is 63.4 Å². The van der Waals surface area contributed by atoms with Crippen molar-refractivity contribution >= 4 is 65.0 Å². The Morgan fingerprint density at radius 1 is 0.353 bits per heavy atom. The van der Waals surface area contributed by atoms with Crippen molar-refractivity contribution in [1.29, 1.82) is 0 Å². The van der Waals surface area contributed by atoms with Crippen LogP contribution in [0.3, 0.4) is 0 Å². The average Bonchev–Trinajstić information content (AvgIpc) is 0.815. The highest BCUT2D eigenvalue weighted by Gasteiger charge is 2.50. The molecular formula is C86H152N12O41. The van der Waals surface area contributed by atoms with Gasteiger partial charge in [0.1, 0.15) is 116 Å². The third-order valence-electron chi connectivity index (χ3n) is 23.0. The van der Waals surface area contributed by atoms with E-state index >= 15 is 4.79 Å². The predicted molar refractivity (Wildman–Crippen MR) is 476 cm³/mol. The first-order valence-corrected chi connectivity index (χ1v) is 47.3. The van der Waals surface area contributed by atoms with Crippen LogP contribution in [0.1, 0.15) is 106 Å². The molecule has 0 aromatic carbocycles. The third-order valence-corrected chi connectivity index (χ3v) is 23.0. The molecule has 5 heterocycles. The fourth-order valence-electron chi connectivity index (χ4n) is 15.7. The number of aliphatic hydroxyl groups excluding tert-OH is 12. The van der Waals surface area contributed by atoms with Gasteiger partial charge in [-0.05, 0) is 58.8 Å². The summed E-state index contributed by atoms with van der Waals surface area (Å²) in [6.45, 7) is 7.43. The fourth-order valence-corrected chi connectivity index (χ4v) is 15.7. The topological polar surface area (TPSA) is 732 Å². The van der Waals surface area contributed by atoms with Crippen LogP contribution in [0, 0.1) is 5.92 Å². The van der Waals surface area contributed by atoms with Crippen LogP contribution in [0.25, 0.3) is 0 Å². The van der Waals surface area contributed by atoms with Gasteiger partial charge in [-0.25, -0.2) is 0 Å². The Bertz CT molecular complexity index is 3560. The monoisotopic (exact) mass is 2010 g/mol. The Morgan fingerprint density at radius 2 is 0.647 bits per heavy atom. The maximum Gasteiger partial charge on any atom is 0.243 e. The molecule has 5 saturated heterocycles. The number of ether oxygens (including phenoxy) is 18. The van der Waals surface area contributed by atoms with Gasteiger partial charge in [0.15, 0.2) is 25.2 Å². The molecule has 53 nitrogen and oxygen atoms in total. The molecular weight excluding hydrogens is 1860 g/mol. The molecule has 0 radical (unpaired) electrons. The molecule has 0 spiro atoms. The lowest BCUT2D eigenvalue weighted by Crippen LogP contribution is -2.64. The largest absolute Gasteiger partial charge is 0.394 e. The summed E-state index contributed by atoms with van der Waals surface area (Å²) in [6.07, 6.45) is -22.3. The molecule has 802 valence electrons.